The van der Waals surface area contributed by atoms with Crippen LogP contribution in [0.4, 0.5) is 13.2 Å². The standard InChI is InChI=1S/C10H8.C8H7F.C3H4F2.2C2H6.CH3B2.CH3B/c1-2-6-10-8-4-3-7-9(10)5-1;1-7(9)8-5-3-2-4-6-8;1-2-3(4)5;2*1-2;1-3-2;1-2/h1-8H;2-6H,1H2;2H,1H3;2*1-2H3;1H3;1H3. The highest BCUT2D eigenvalue weighted by molar-refractivity contribution is 6.88. The maximum Gasteiger partial charge on any atom is 0.266 e. The molecule has 0 nitrogen and oxygen atoms in total. The molecule has 0 heterocycles. The maximum absolute atomic E-state index is 12.2. The first-order valence-electron chi connectivity index (χ1n) is 10.8. The first-order chi connectivity index (χ1) is 16.0. The summed E-state index contributed by atoms with van der Waals surface area (Å²) in [5.41, 5.74) is 0.553. The molecule has 0 atom stereocenters. The number of hydrogen-bond donors (Lipinski definition) is 0. The molecule has 0 aliphatic heterocycles. The first kappa shape index (κ1) is 37.7. The molecule has 3 rings (SSSR count). The number of hydrogen-bond acceptors (Lipinski definition) is 0. The summed E-state index contributed by atoms with van der Waals surface area (Å²) in [6, 6.07) is 25.5. The highest BCUT2D eigenvalue weighted by Crippen LogP contribution is 2.11. The third-order valence-corrected chi connectivity index (χ3v) is 2.96. The van der Waals surface area contributed by atoms with E-state index in [-0.39, 0.29) is 5.83 Å². The second-order valence-electron chi connectivity index (χ2n) is 5.03. The van der Waals surface area contributed by atoms with Gasteiger partial charge in [-0.25, -0.2) is 4.39 Å². The van der Waals surface area contributed by atoms with Crippen molar-refractivity contribution in [2.75, 3.05) is 0 Å². The summed E-state index contributed by atoms with van der Waals surface area (Å²) in [6.45, 7) is 15.7. The third-order valence-electron chi connectivity index (χ3n) is 2.96. The Morgan fingerprint density at radius 1 is 0.727 bits per heavy atom. The Balaban J connectivity index is -0.000000168. The van der Waals surface area contributed by atoms with Crippen LogP contribution in [0.5, 0.6) is 0 Å². The van der Waals surface area contributed by atoms with Gasteiger partial charge in [0.2, 0.25) is 0 Å². The fourth-order valence-corrected chi connectivity index (χ4v) is 1.75. The zero-order chi connectivity index (χ0) is 26.5. The van der Waals surface area contributed by atoms with E-state index in [1.54, 1.807) is 31.1 Å². The van der Waals surface area contributed by atoms with Crippen LogP contribution >= 0.6 is 0 Å². The van der Waals surface area contributed by atoms with E-state index in [0.29, 0.717) is 5.56 Å². The molecule has 0 amide bonds. The van der Waals surface area contributed by atoms with Crippen LogP contribution in [-0.2, 0) is 0 Å². The van der Waals surface area contributed by atoms with Gasteiger partial charge in [0.05, 0.1) is 15.0 Å². The minimum absolute atomic E-state index is 0.379. The summed E-state index contributed by atoms with van der Waals surface area (Å²) in [5, 5.41) is 2.62. The molecule has 0 N–H and O–H groups in total. The van der Waals surface area contributed by atoms with Gasteiger partial charge in [0, 0.05) is 13.3 Å². The average molecular weight is 451 g/mol. The Bertz CT molecular complexity index is 738. The van der Waals surface area contributed by atoms with Crippen molar-refractivity contribution in [2.24, 2.45) is 0 Å². The Labute approximate surface area is 204 Å². The lowest BCUT2D eigenvalue weighted by Gasteiger charge is -1.92. The number of benzene rings is 3. The van der Waals surface area contributed by atoms with E-state index >= 15 is 0 Å². The Morgan fingerprint density at radius 2 is 0.970 bits per heavy atom. The molecule has 0 unspecified atom stereocenters. The Morgan fingerprint density at radius 3 is 1.15 bits per heavy atom. The van der Waals surface area contributed by atoms with Gasteiger partial charge in [-0.15, -0.1) is 6.82 Å². The summed E-state index contributed by atoms with van der Waals surface area (Å²) in [5.74, 6) is -0.379. The first-order valence-corrected chi connectivity index (χ1v) is 10.8. The summed E-state index contributed by atoms with van der Waals surface area (Å²) in [7, 11) is 10.7. The summed E-state index contributed by atoms with van der Waals surface area (Å²) in [4.78, 5) is 0. The Kier molecular flexibility index (Phi) is 36.1. The highest BCUT2D eigenvalue weighted by atomic mass is 19.3. The van der Waals surface area contributed by atoms with Gasteiger partial charge >= 0.3 is 0 Å². The van der Waals surface area contributed by atoms with Crippen LogP contribution < -0.4 is 0 Å². The second-order valence-corrected chi connectivity index (χ2v) is 5.03. The minimum atomic E-state index is -1.62. The largest absolute Gasteiger partial charge is 0.266 e. The predicted octanol–water partition coefficient (Wildman–Crippen LogP) is 9.33. The maximum atomic E-state index is 12.2. The second kappa shape index (κ2) is 31.6. The summed E-state index contributed by atoms with van der Waals surface area (Å²) < 4.78 is 33.5. The molecule has 5 radical (unpaired) electrons. The zero-order valence-corrected chi connectivity index (χ0v) is 21.2. The van der Waals surface area contributed by atoms with Crippen molar-refractivity contribution in [2.45, 2.75) is 48.3 Å². The summed E-state index contributed by atoms with van der Waals surface area (Å²) >= 11 is 0. The van der Waals surface area contributed by atoms with E-state index in [9.17, 15) is 13.2 Å². The van der Waals surface area contributed by atoms with Crippen LogP contribution in [0.1, 0.15) is 40.2 Å². The molecular weight excluding hydrogens is 414 g/mol. The molecule has 3 aromatic carbocycles. The van der Waals surface area contributed by atoms with Crippen LogP contribution in [0.25, 0.3) is 16.6 Å². The fourth-order valence-electron chi connectivity index (χ4n) is 1.75. The highest BCUT2D eigenvalue weighted by Gasteiger charge is 1.90. The Hall–Kier alpha value is -2.62. The average Bonchev–Trinajstić information content (AvgIpc) is 2.89. The molecular formula is C27H37B3F3. The molecule has 6 heteroatoms. The van der Waals surface area contributed by atoms with Crippen molar-refractivity contribution >= 4 is 39.4 Å². The molecule has 3 aromatic rings. The lowest BCUT2D eigenvalue weighted by Crippen LogP contribution is -1.71. The van der Waals surface area contributed by atoms with Crippen LogP contribution in [0, 0.1) is 0 Å². The van der Waals surface area contributed by atoms with E-state index in [0.717, 1.165) is 6.08 Å². The van der Waals surface area contributed by atoms with Gasteiger partial charge in [-0.1, -0.05) is 120 Å². The van der Waals surface area contributed by atoms with E-state index in [2.05, 4.69) is 63.0 Å². The van der Waals surface area contributed by atoms with Gasteiger partial charge in [0.25, 0.3) is 6.08 Å². The van der Waals surface area contributed by atoms with Crippen molar-refractivity contribution in [1.82, 2.24) is 0 Å². The van der Waals surface area contributed by atoms with Crippen LogP contribution in [0.3, 0.4) is 0 Å². The third kappa shape index (κ3) is 25.5. The van der Waals surface area contributed by atoms with Crippen molar-refractivity contribution in [3.63, 3.8) is 0 Å². The molecule has 33 heavy (non-hydrogen) atoms. The van der Waals surface area contributed by atoms with E-state index in [1.165, 1.54) is 31.7 Å². The minimum Gasteiger partial charge on any atom is -0.207 e. The van der Waals surface area contributed by atoms with Crippen LogP contribution in [0.2, 0.25) is 13.6 Å². The van der Waals surface area contributed by atoms with Crippen molar-refractivity contribution in [3.05, 3.63) is 103 Å². The van der Waals surface area contributed by atoms with E-state index in [1.807, 2.05) is 33.8 Å². The van der Waals surface area contributed by atoms with E-state index in [4.69, 9.17) is 7.74 Å². The smallest absolute Gasteiger partial charge is 0.207 e. The number of fused-ring (bicyclic) bond motifs is 1. The van der Waals surface area contributed by atoms with Gasteiger partial charge in [-0.3, -0.25) is 0 Å². The van der Waals surface area contributed by atoms with E-state index < -0.39 is 6.08 Å². The van der Waals surface area contributed by atoms with Crippen LogP contribution in [0.15, 0.2) is 97.6 Å². The molecule has 0 fully saturated rings. The fraction of sp³-hybridized carbons (Fsp3) is 0.259. The van der Waals surface area contributed by atoms with Crippen LogP contribution in [-0.4, -0.2) is 22.8 Å². The summed E-state index contributed by atoms with van der Waals surface area (Å²) in [6.07, 6.45) is -0.870. The predicted molar refractivity (Wildman–Crippen MR) is 148 cm³/mol. The molecule has 0 aromatic heterocycles. The topological polar surface area (TPSA) is 0 Å². The lowest BCUT2D eigenvalue weighted by atomic mass is 9.59. The van der Waals surface area contributed by atoms with Gasteiger partial charge in [-0.05, 0) is 23.8 Å². The zero-order valence-electron chi connectivity index (χ0n) is 21.2. The normalized spacial score (nSPS) is 7.45. The molecule has 0 bridgehead atoms. The van der Waals surface area contributed by atoms with Gasteiger partial charge in [0.15, 0.2) is 0 Å². The van der Waals surface area contributed by atoms with Gasteiger partial charge in [-0.2, -0.15) is 8.78 Å². The number of rotatable bonds is 1. The molecule has 175 valence electrons. The van der Waals surface area contributed by atoms with Gasteiger partial charge in [0.1, 0.15) is 5.83 Å². The monoisotopic (exact) mass is 451 g/mol. The SMILES string of the molecule is C=C(F)c1ccccc1.CC.CC.CC=C(F)F.[B]C.[B][B]C.c1ccc2ccccc2c1. The number of halogens is 3. The van der Waals surface area contributed by atoms with Crippen molar-refractivity contribution < 1.29 is 13.2 Å². The quantitative estimate of drug-likeness (QED) is 0.324. The van der Waals surface area contributed by atoms with Crippen molar-refractivity contribution in [1.29, 1.82) is 0 Å². The van der Waals surface area contributed by atoms with Gasteiger partial charge < -0.3 is 0 Å². The lowest BCUT2D eigenvalue weighted by molar-refractivity contribution is 0.420. The molecule has 0 spiro atoms. The molecule has 0 saturated heterocycles. The molecule has 0 aliphatic carbocycles. The molecule has 0 saturated carbocycles. The number of allylic oxidation sites excluding steroid dienone is 1. The van der Waals surface area contributed by atoms with Crippen molar-refractivity contribution in [3.8, 4) is 0 Å². The molecule has 0 aliphatic rings.